The lowest BCUT2D eigenvalue weighted by Crippen LogP contribution is -2.44. The van der Waals surface area contributed by atoms with Gasteiger partial charge in [0.1, 0.15) is 8.16 Å². The number of thioether (sulfide) groups is 4. The quantitative estimate of drug-likeness (QED) is 0.124. The molecule has 0 amide bonds. The molecule has 0 spiro atoms. The SMILES string of the molecule is Cc1ccccc1[C@]1(SCCCC#Cc2ccccc2)SCCS[C@]1(SCCCC#Cc1ccccc1)c1ccccc1C. The molecule has 2 atom stereocenters. The van der Waals surface area contributed by atoms with Gasteiger partial charge >= 0.3 is 0 Å². The van der Waals surface area contributed by atoms with Gasteiger partial charge in [-0.15, -0.1) is 47.0 Å². The first-order valence-corrected chi connectivity index (χ1v) is 19.3. The summed E-state index contributed by atoms with van der Waals surface area (Å²) in [6.07, 6.45) is 3.97. The van der Waals surface area contributed by atoms with Gasteiger partial charge in [-0.1, -0.05) is 109 Å². The fraction of sp³-hybridized carbons (Fsp3) is 0.300. The van der Waals surface area contributed by atoms with E-state index in [-0.39, 0.29) is 8.16 Å². The molecule has 1 heterocycles. The summed E-state index contributed by atoms with van der Waals surface area (Å²) < 4.78 is -0.249. The molecule has 5 rings (SSSR count). The monoisotopic (exact) mass is 648 g/mol. The molecule has 4 aromatic rings. The van der Waals surface area contributed by atoms with Crippen LogP contribution >= 0.6 is 47.0 Å². The predicted molar refractivity (Wildman–Crippen MR) is 201 cm³/mol. The highest BCUT2D eigenvalue weighted by Crippen LogP contribution is 2.71. The number of aryl methyl sites for hydroxylation is 2. The van der Waals surface area contributed by atoms with E-state index in [0.29, 0.717) is 0 Å². The minimum atomic E-state index is -0.124. The number of benzene rings is 4. The molecule has 4 heteroatoms. The highest BCUT2D eigenvalue weighted by molar-refractivity contribution is 8.25. The lowest BCUT2D eigenvalue weighted by Gasteiger charge is -2.53. The lowest BCUT2D eigenvalue weighted by molar-refractivity contribution is 0.758. The molecule has 0 nitrogen and oxygen atoms in total. The molecule has 0 N–H and O–H groups in total. The molecule has 1 saturated heterocycles. The highest BCUT2D eigenvalue weighted by atomic mass is 32.2. The number of unbranched alkanes of at least 4 members (excludes halogenated alkanes) is 2. The van der Waals surface area contributed by atoms with Gasteiger partial charge in [0.25, 0.3) is 0 Å². The summed E-state index contributed by atoms with van der Waals surface area (Å²) in [5.41, 5.74) is 7.89. The average molecular weight is 649 g/mol. The van der Waals surface area contributed by atoms with E-state index in [4.69, 9.17) is 0 Å². The molecule has 1 aliphatic heterocycles. The van der Waals surface area contributed by atoms with Crippen LogP contribution in [0.4, 0.5) is 0 Å². The Hall–Kier alpha value is -2.60. The summed E-state index contributed by atoms with van der Waals surface area (Å²) in [5, 5.41) is 0. The van der Waals surface area contributed by atoms with Gasteiger partial charge in [-0.2, -0.15) is 0 Å². The van der Waals surface area contributed by atoms with Crippen LogP contribution in [0.15, 0.2) is 109 Å². The maximum absolute atomic E-state index is 3.44. The van der Waals surface area contributed by atoms with E-state index < -0.39 is 0 Å². The van der Waals surface area contributed by atoms with Crippen LogP contribution in [0, 0.1) is 37.5 Å². The van der Waals surface area contributed by atoms with E-state index in [2.05, 4.69) is 182 Å². The first kappa shape index (κ1) is 32.8. The number of hydrogen-bond donors (Lipinski definition) is 0. The van der Waals surface area contributed by atoms with Crippen LogP contribution in [-0.2, 0) is 8.16 Å². The summed E-state index contributed by atoms with van der Waals surface area (Å²) >= 11 is 8.66. The van der Waals surface area contributed by atoms with Crippen LogP contribution < -0.4 is 0 Å². The van der Waals surface area contributed by atoms with Gasteiger partial charge in [-0.3, -0.25) is 0 Å². The van der Waals surface area contributed by atoms with Crippen LogP contribution in [-0.4, -0.2) is 23.0 Å². The van der Waals surface area contributed by atoms with E-state index >= 15 is 0 Å². The summed E-state index contributed by atoms with van der Waals surface area (Å²) in [6, 6.07) is 38.9. The van der Waals surface area contributed by atoms with Crippen molar-refractivity contribution >= 4 is 47.0 Å². The van der Waals surface area contributed by atoms with E-state index in [1.165, 1.54) is 22.3 Å². The molecule has 0 saturated carbocycles. The van der Waals surface area contributed by atoms with Crippen molar-refractivity contribution < 1.29 is 0 Å². The van der Waals surface area contributed by atoms with Crippen molar-refractivity contribution in [2.45, 2.75) is 47.7 Å². The third kappa shape index (κ3) is 7.97. The number of hydrogen-bond acceptors (Lipinski definition) is 4. The van der Waals surface area contributed by atoms with Crippen LogP contribution in [0.1, 0.15) is 59.1 Å². The molecule has 224 valence electrons. The maximum atomic E-state index is 3.44. The zero-order chi connectivity index (χ0) is 30.5. The van der Waals surface area contributed by atoms with E-state index in [1.54, 1.807) is 0 Å². The maximum Gasteiger partial charge on any atom is 0.114 e. The van der Waals surface area contributed by atoms with Gasteiger partial charge in [0.15, 0.2) is 0 Å². The van der Waals surface area contributed by atoms with Crippen molar-refractivity contribution in [3.8, 4) is 23.7 Å². The van der Waals surface area contributed by atoms with Gasteiger partial charge in [-0.25, -0.2) is 0 Å². The minimum Gasteiger partial charge on any atom is -0.137 e. The standard InChI is InChI=1S/C40H40S4/c1-33-19-13-15-27-37(33)39(41-29-17-5-11-25-35-21-7-3-8-22-35)40(44-32-31-43-39,38-28-16-14-20-34(38)2)42-30-18-6-12-26-36-23-9-4-10-24-36/h3-4,7-10,13-16,19-24,27-28H,5-6,17-18,29-32H2,1-2H3/t39-,40+. The highest BCUT2D eigenvalue weighted by Gasteiger charge is 2.58. The van der Waals surface area contributed by atoms with Crippen molar-refractivity contribution in [1.82, 2.24) is 0 Å². The van der Waals surface area contributed by atoms with E-state index in [0.717, 1.165) is 59.8 Å². The zero-order valence-electron chi connectivity index (χ0n) is 25.7. The van der Waals surface area contributed by atoms with Crippen LogP contribution in [0.25, 0.3) is 0 Å². The van der Waals surface area contributed by atoms with E-state index in [9.17, 15) is 0 Å². The molecule has 1 fully saturated rings. The molecular formula is C40H40S4. The first-order valence-electron chi connectivity index (χ1n) is 15.4. The molecule has 1 aliphatic rings. The first-order chi connectivity index (χ1) is 21.6. The van der Waals surface area contributed by atoms with Crippen LogP contribution in [0.5, 0.6) is 0 Å². The Morgan fingerprint density at radius 2 is 0.932 bits per heavy atom. The average Bonchev–Trinajstić information content (AvgIpc) is 3.06. The second-order valence-corrected chi connectivity index (χ2v) is 16.6. The Kier molecular flexibility index (Phi) is 12.4. The summed E-state index contributed by atoms with van der Waals surface area (Å²) in [7, 11) is 0. The lowest BCUT2D eigenvalue weighted by atomic mass is 9.95. The Morgan fingerprint density at radius 1 is 0.545 bits per heavy atom. The Bertz CT molecular complexity index is 1490. The second kappa shape index (κ2) is 16.6. The molecule has 0 radical (unpaired) electrons. The fourth-order valence-corrected chi connectivity index (χ4v) is 13.7. The van der Waals surface area contributed by atoms with Gasteiger partial charge in [-0.05, 0) is 84.7 Å². The largest absolute Gasteiger partial charge is 0.137 e. The minimum absolute atomic E-state index is 0.124. The summed E-state index contributed by atoms with van der Waals surface area (Å²) in [4.78, 5) is 0. The van der Waals surface area contributed by atoms with Crippen molar-refractivity contribution in [3.05, 3.63) is 143 Å². The van der Waals surface area contributed by atoms with Gasteiger partial charge < -0.3 is 0 Å². The zero-order valence-corrected chi connectivity index (χ0v) is 28.9. The van der Waals surface area contributed by atoms with Gasteiger partial charge in [0.05, 0.1) is 0 Å². The van der Waals surface area contributed by atoms with Crippen molar-refractivity contribution in [3.63, 3.8) is 0 Å². The Morgan fingerprint density at radius 3 is 1.34 bits per heavy atom. The second-order valence-electron chi connectivity index (χ2n) is 10.8. The molecule has 0 unspecified atom stereocenters. The van der Waals surface area contributed by atoms with Gasteiger partial charge in [0.2, 0.25) is 0 Å². The van der Waals surface area contributed by atoms with Crippen molar-refractivity contribution in [2.75, 3.05) is 23.0 Å². The molecular weight excluding hydrogens is 609 g/mol. The number of rotatable bonds is 10. The molecule has 4 aromatic carbocycles. The Labute approximate surface area is 282 Å². The topological polar surface area (TPSA) is 0 Å². The summed E-state index contributed by atoms with van der Waals surface area (Å²) in [6.45, 7) is 4.60. The molecule has 0 bridgehead atoms. The molecule has 44 heavy (non-hydrogen) atoms. The third-order valence-electron chi connectivity index (χ3n) is 7.64. The smallest absolute Gasteiger partial charge is 0.114 e. The molecule has 0 aromatic heterocycles. The fourth-order valence-electron chi connectivity index (χ4n) is 5.51. The van der Waals surface area contributed by atoms with Crippen molar-refractivity contribution in [1.29, 1.82) is 0 Å². The van der Waals surface area contributed by atoms with Crippen molar-refractivity contribution in [2.24, 2.45) is 0 Å². The molecule has 0 aliphatic carbocycles. The van der Waals surface area contributed by atoms with Crippen LogP contribution in [0.3, 0.4) is 0 Å². The Balaban J connectivity index is 1.43. The summed E-state index contributed by atoms with van der Waals surface area (Å²) in [5.74, 6) is 18.0. The van der Waals surface area contributed by atoms with E-state index in [1.807, 2.05) is 12.1 Å². The predicted octanol–water partition coefficient (Wildman–Crippen LogP) is 10.9. The third-order valence-corrected chi connectivity index (χ3v) is 15.4. The normalized spacial score (nSPS) is 19.3. The van der Waals surface area contributed by atoms with Gasteiger partial charge in [0, 0.05) is 35.5 Å². The van der Waals surface area contributed by atoms with Crippen LogP contribution in [0.2, 0.25) is 0 Å².